The molecule has 0 aromatic carbocycles. The smallest absolute Gasteiger partial charge is 0.303 e. The fraction of sp³-hybridized carbons (Fsp3) is 0.455. The lowest BCUT2D eigenvalue weighted by Crippen LogP contribution is -2.26. The molecule has 0 aliphatic rings. The van der Waals surface area contributed by atoms with Gasteiger partial charge < -0.3 is 10.0 Å². The van der Waals surface area contributed by atoms with Crippen molar-refractivity contribution < 1.29 is 14.7 Å². The van der Waals surface area contributed by atoms with E-state index >= 15 is 0 Å². The van der Waals surface area contributed by atoms with E-state index in [0.717, 1.165) is 0 Å². The number of allylic oxidation sites excluding steroid dienone is 3. The Kier molecular flexibility index (Phi) is 6.97. The van der Waals surface area contributed by atoms with E-state index in [2.05, 4.69) is 0 Å². The molecule has 1 N–H and O–H groups in total. The van der Waals surface area contributed by atoms with Crippen molar-refractivity contribution in [3.05, 3.63) is 24.3 Å². The highest BCUT2D eigenvalue weighted by atomic mass is 16.4. The molecule has 0 aromatic rings. The van der Waals surface area contributed by atoms with Crippen LogP contribution in [0.4, 0.5) is 0 Å². The number of hydrogen-bond donors (Lipinski definition) is 1. The zero-order valence-corrected chi connectivity index (χ0v) is 9.14. The Balaban J connectivity index is 3.83. The van der Waals surface area contributed by atoms with E-state index < -0.39 is 5.97 Å². The van der Waals surface area contributed by atoms with Crippen LogP contribution in [0.15, 0.2) is 24.3 Å². The molecule has 0 fully saturated rings. The summed E-state index contributed by atoms with van der Waals surface area (Å²) in [6, 6.07) is 0. The molecular formula is C11H17NO3. The van der Waals surface area contributed by atoms with Crippen LogP contribution in [0.1, 0.15) is 19.8 Å². The van der Waals surface area contributed by atoms with Crippen LogP contribution >= 0.6 is 0 Å². The average Bonchev–Trinajstić information content (AvgIpc) is 2.17. The summed E-state index contributed by atoms with van der Waals surface area (Å²) in [5.41, 5.74) is 0. The quantitative estimate of drug-likeness (QED) is 0.534. The van der Waals surface area contributed by atoms with Crippen LogP contribution < -0.4 is 0 Å². The van der Waals surface area contributed by atoms with E-state index in [4.69, 9.17) is 5.11 Å². The van der Waals surface area contributed by atoms with E-state index in [0.29, 0.717) is 13.0 Å². The molecule has 0 rings (SSSR count). The van der Waals surface area contributed by atoms with Crippen molar-refractivity contribution in [3.8, 4) is 0 Å². The fourth-order valence-electron chi connectivity index (χ4n) is 0.954. The van der Waals surface area contributed by atoms with Crippen molar-refractivity contribution in [1.82, 2.24) is 4.90 Å². The van der Waals surface area contributed by atoms with Crippen molar-refractivity contribution >= 4 is 11.9 Å². The number of carbonyl (C=O) groups is 2. The summed E-state index contributed by atoms with van der Waals surface area (Å²) in [7, 11) is 1.66. The molecule has 0 saturated carbocycles. The summed E-state index contributed by atoms with van der Waals surface area (Å²) in [5.74, 6) is -0.946. The maximum absolute atomic E-state index is 11.4. The van der Waals surface area contributed by atoms with Crippen molar-refractivity contribution in [2.75, 3.05) is 13.6 Å². The maximum Gasteiger partial charge on any atom is 0.303 e. The molecule has 0 bridgehead atoms. The van der Waals surface area contributed by atoms with E-state index in [-0.39, 0.29) is 12.3 Å². The van der Waals surface area contributed by atoms with Gasteiger partial charge in [0, 0.05) is 26.1 Å². The van der Waals surface area contributed by atoms with Crippen LogP contribution in [-0.2, 0) is 9.59 Å². The number of likely N-dealkylation sites (N-methyl/N-ethyl adjacent to an activating group) is 1. The van der Waals surface area contributed by atoms with Crippen LogP contribution in [-0.4, -0.2) is 35.5 Å². The summed E-state index contributed by atoms with van der Waals surface area (Å²) >= 11 is 0. The van der Waals surface area contributed by atoms with Gasteiger partial charge in [-0.15, -0.1) is 0 Å². The molecule has 0 aromatic heterocycles. The molecule has 0 radical (unpaired) electrons. The Hall–Kier alpha value is -1.58. The Morgan fingerprint density at radius 3 is 2.53 bits per heavy atom. The second-order valence-corrected chi connectivity index (χ2v) is 3.14. The van der Waals surface area contributed by atoms with Gasteiger partial charge in [0.2, 0.25) is 5.91 Å². The Morgan fingerprint density at radius 1 is 1.33 bits per heavy atom. The monoisotopic (exact) mass is 211 g/mol. The predicted molar refractivity (Wildman–Crippen MR) is 58.5 cm³/mol. The minimum Gasteiger partial charge on any atom is -0.481 e. The SMILES string of the molecule is C/C=C/C=C/C(=O)N(C)CCCC(=O)O. The third-order valence-electron chi connectivity index (χ3n) is 1.80. The second-order valence-electron chi connectivity index (χ2n) is 3.14. The lowest BCUT2D eigenvalue weighted by Gasteiger charge is -2.13. The standard InChI is InChI=1S/C11H17NO3/c1-3-4-5-7-10(13)12(2)9-6-8-11(14)15/h3-5,7H,6,8-9H2,1-2H3,(H,14,15)/b4-3+,7-5+. The highest BCUT2D eigenvalue weighted by Gasteiger charge is 2.04. The largest absolute Gasteiger partial charge is 0.481 e. The number of amides is 1. The number of nitrogens with zero attached hydrogens (tertiary/aromatic N) is 1. The van der Waals surface area contributed by atoms with Crippen molar-refractivity contribution in [2.45, 2.75) is 19.8 Å². The molecule has 0 heterocycles. The number of hydrogen-bond acceptors (Lipinski definition) is 2. The second kappa shape index (κ2) is 7.79. The maximum atomic E-state index is 11.4. The first kappa shape index (κ1) is 13.4. The lowest BCUT2D eigenvalue weighted by atomic mass is 10.3. The van der Waals surface area contributed by atoms with Gasteiger partial charge in [0.25, 0.3) is 0 Å². The summed E-state index contributed by atoms with van der Waals surface area (Å²) in [6.45, 7) is 2.33. The van der Waals surface area contributed by atoms with Crippen LogP contribution in [0, 0.1) is 0 Å². The molecule has 0 spiro atoms. The first-order chi connectivity index (χ1) is 7.07. The van der Waals surface area contributed by atoms with E-state index in [1.54, 1.807) is 19.2 Å². The molecule has 0 aliphatic carbocycles. The third kappa shape index (κ3) is 7.49. The number of carboxylic acid groups (broad SMARTS) is 1. The summed E-state index contributed by atoms with van der Waals surface area (Å²) < 4.78 is 0. The fourth-order valence-corrected chi connectivity index (χ4v) is 0.954. The van der Waals surface area contributed by atoms with Gasteiger partial charge in [-0.3, -0.25) is 9.59 Å². The van der Waals surface area contributed by atoms with Gasteiger partial charge in [-0.05, 0) is 13.3 Å². The molecule has 15 heavy (non-hydrogen) atoms. The van der Waals surface area contributed by atoms with Crippen molar-refractivity contribution in [3.63, 3.8) is 0 Å². The predicted octanol–water partition coefficient (Wildman–Crippen LogP) is 1.44. The molecule has 0 saturated heterocycles. The van der Waals surface area contributed by atoms with Gasteiger partial charge in [-0.25, -0.2) is 0 Å². The molecule has 4 heteroatoms. The van der Waals surface area contributed by atoms with Gasteiger partial charge in [0.05, 0.1) is 0 Å². The van der Waals surface area contributed by atoms with E-state index in [9.17, 15) is 9.59 Å². The summed E-state index contributed by atoms with van der Waals surface area (Å²) in [5, 5.41) is 8.41. The third-order valence-corrected chi connectivity index (χ3v) is 1.80. The number of rotatable bonds is 6. The lowest BCUT2D eigenvalue weighted by molar-refractivity contribution is -0.137. The number of carboxylic acids is 1. The molecule has 0 unspecified atom stereocenters. The molecule has 4 nitrogen and oxygen atoms in total. The van der Waals surface area contributed by atoms with Crippen LogP contribution in [0.25, 0.3) is 0 Å². The Bertz CT molecular complexity index is 269. The normalized spacial score (nSPS) is 11.1. The highest BCUT2D eigenvalue weighted by molar-refractivity contribution is 5.87. The Labute approximate surface area is 89.9 Å². The molecular weight excluding hydrogens is 194 g/mol. The topological polar surface area (TPSA) is 57.6 Å². The molecule has 0 aliphatic heterocycles. The average molecular weight is 211 g/mol. The van der Waals surface area contributed by atoms with Gasteiger partial charge in [-0.1, -0.05) is 18.2 Å². The summed E-state index contributed by atoms with van der Waals surface area (Å²) in [4.78, 5) is 23.1. The van der Waals surface area contributed by atoms with Gasteiger partial charge in [0.15, 0.2) is 0 Å². The van der Waals surface area contributed by atoms with Crippen LogP contribution in [0.2, 0.25) is 0 Å². The minimum absolute atomic E-state index is 0.0934. The molecule has 1 amide bonds. The van der Waals surface area contributed by atoms with E-state index in [1.165, 1.54) is 11.0 Å². The van der Waals surface area contributed by atoms with Crippen molar-refractivity contribution in [2.24, 2.45) is 0 Å². The van der Waals surface area contributed by atoms with Gasteiger partial charge >= 0.3 is 5.97 Å². The Morgan fingerprint density at radius 2 is 2.00 bits per heavy atom. The highest BCUT2D eigenvalue weighted by Crippen LogP contribution is 1.94. The molecule has 0 atom stereocenters. The zero-order valence-electron chi connectivity index (χ0n) is 9.14. The first-order valence-corrected chi connectivity index (χ1v) is 4.84. The van der Waals surface area contributed by atoms with Crippen LogP contribution in [0.3, 0.4) is 0 Å². The van der Waals surface area contributed by atoms with Gasteiger partial charge in [0.1, 0.15) is 0 Å². The van der Waals surface area contributed by atoms with E-state index in [1.807, 2.05) is 13.0 Å². The minimum atomic E-state index is -0.833. The molecule has 84 valence electrons. The zero-order chi connectivity index (χ0) is 11.7. The first-order valence-electron chi connectivity index (χ1n) is 4.84. The summed E-state index contributed by atoms with van der Waals surface area (Å²) in [6.07, 6.45) is 7.29. The van der Waals surface area contributed by atoms with Crippen molar-refractivity contribution in [1.29, 1.82) is 0 Å². The number of carbonyl (C=O) groups excluding carboxylic acids is 1. The number of aliphatic carboxylic acids is 1. The van der Waals surface area contributed by atoms with Crippen LogP contribution in [0.5, 0.6) is 0 Å². The van der Waals surface area contributed by atoms with Gasteiger partial charge in [-0.2, -0.15) is 0 Å².